The van der Waals surface area contributed by atoms with Crippen LogP contribution in [0.1, 0.15) is 11.5 Å². The highest BCUT2D eigenvalue weighted by Gasteiger charge is 2.15. The summed E-state index contributed by atoms with van der Waals surface area (Å²) in [4.78, 5) is 32.8. The van der Waals surface area contributed by atoms with Crippen LogP contribution in [0.25, 0.3) is 22.6 Å². The first kappa shape index (κ1) is 26.1. The monoisotopic (exact) mass is 556 g/mol. The average Bonchev–Trinajstić information content (AvgIpc) is 3.54. The fourth-order valence-corrected chi connectivity index (χ4v) is 3.52. The minimum atomic E-state index is -0.778. The lowest BCUT2D eigenvalue weighted by molar-refractivity contribution is -0.385. The predicted molar refractivity (Wildman–Crippen MR) is 138 cm³/mol. The predicted octanol–water partition coefficient (Wildman–Crippen LogP) is 6.00. The number of hydrazone groups is 2. The maximum Gasteiger partial charge on any atom is 0.355 e. The molecule has 2 heterocycles. The van der Waals surface area contributed by atoms with Crippen molar-refractivity contribution in [3.63, 3.8) is 0 Å². The van der Waals surface area contributed by atoms with Gasteiger partial charge in [0, 0.05) is 35.4 Å². The zero-order valence-electron chi connectivity index (χ0n) is 18.8. The van der Waals surface area contributed by atoms with Gasteiger partial charge in [0.15, 0.2) is 0 Å². The third-order valence-corrected chi connectivity index (χ3v) is 5.48. The van der Waals surface area contributed by atoms with Gasteiger partial charge in [-0.1, -0.05) is 23.2 Å². The van der Waals surface area contributed by atoms with Gasteiger partial charge in [-0.3, -0.25) is 20.2 Å². The minimum absolute atomic E-state index is 0.145. The molecule has 192 valence electrons. The summed E-state index contributed by atoms with van der Waals surface area (Å²) < 4.78 is 11.1. The molecule has 13 nitrogen and oxygen atoms in total. The first-order valence-electron chi connectivity index (χ1n) is 10.4. The van der Waals surface area contributed by atoms with Gasteiger partial charge in [0.2, 0.25) is 0 Å². The Kier molecular flexibility index (Phi) is 7.80. The van der Waals surface area contributed by atoms with E-state index < -0.39 is 15.9 Å². The molecule has 0 saturated carbocycles. The third-order valence-electron chi connectivity index (χ3n) is 4.82. The minimum Gasteiger partial charge on any atom is -0.455 e. The lowest BCUT2D eigenvalue weighted by Gasteiger charge is -2.00. The number of rotatable bonds is 8. The molecular weight excluding hydrogens is 543 g/mol. The summed E-state index contributed by atoms with van der Waals surface area (Å²) in [5, 5.41) is 30.0. The SMILES string of the molecule is O=C(NN=Cc1ccc(-c2cc([N+](=O)[O-])ccc2Cl)o1)NN=Cc1ccc(-c2cc([N+](=O)[O-])ccc2Cl)o1. The van der Waals surface area contributed by atoms with Gasteiger partial charge in [-0.05, 0) is 36.4 Å². The van der Waals surface area contributed by atoms with Gasteiger partial charge in [0.1, 0.15) is 23.0 Å². The number of furan rings is 2. The van der Waals surface area contributed by atoms with Crippen molar-refractivity contribution < 1.29 is 23.5 Å². The standard InChI is InChI=1S/C23H14Cl2N6O7/c24-19-5-1-13(30(33)34)9-17(19)21-7-3-15(37-21)11-26-28-23(32)29-27-12-16-4-8-22(38-16)18-10-14(31(35)36)2-6-20(18)25/h1-12H,(H2,28,29,32). The van der Waals surface area contributed by atoms with Crippen LogP contribution in [0.5, 0.6) is 0 Å². The Morgan fingerprint density at radius 1 is 0.737 bits per heavy atom. The van der Waals surface area contributed by atoms with Crippen LogP contribution >= 0.6 is 23.2 Å². The summed E-state index contributed by atoms with van der Waals surface area (Å²) in [6.07, 6.45) is 2.42. The van der Waals surface area contributed by atoms with Crippen LogP contribution in [0, 0.1) is 20.2 Å². The number of nitrogens with zero attached hydrogens (tertiary/aromatic N) is 4. The quantitative estimate of drug-likeness (QED) is 0.152. The number of nitro groups is 2. The van der Waals surface area contributed by atoms with Crippen LogP contribution in [0.3, 0.4) is 0 Å². The van der Waals surface area contributed by atoms with Crippen LogP contribution in [0.4, 0.5) is 16.2 Å². The number of carbonyl (C=O) groups excluding carboxylic acids is 1. The zero-order valence-corrected chi connectivity index (χ0v) is 20.3. The number of hydrogen-bond acceptors (Lipinski definition) is 9. The molecule has 4 aromatic rings. The van der Waals surface area contributed by atoms with Crippen LogP contribution in [0.15, 0.2) is 79.7 Å². The Labute approximate surface area is 222 Å². The zero-order chi connectivity index (χ0) is 27.2. The molecule has 4 rings (SSSR count). The first-order valence-corrected chi connectivity index (χ1v) is 11.2. The number of non-ortho nitro benzene ring substituents is 2. The highest BCUT2D eigenvalue weighted by molar-refractivity contribution is 6.33. The van der Waals surface area contributed by atoms with Crippen molar-refractivity contribution in [3.8, 4) is 22.6 Å². The highest BCUT2D eigenvalue weighted by atomic mass is 35.5. The average molecular weight is 557 g/mol. The fourth-order valence-electron chi connectivity index (χ4n) is 3.10. The van der Waals surface area contributed by atoms with Gasteiger partial charge in [-0.15, -0.1) is 0 Å². The lowest BCUT2D eigenvalue weighted by Crippen LogP contribution is -2.28. The van der Waals surface area contributed by atoms with E-state index in [9.17, 15) is 25.0 Å². The number of urea groups is 1. The molecule has 0 unspecified atom stereocenters. The van der Waals surface area contributed by atoms with Crippen LogP contribution in [-0.2, 0) is 0 Å². The van der Waals surface area contributed by atoms with Crippen molar-refractivity contribution >= 4 is 53.0 Å². The number of nitrogens with one attached hydrogen (secondary N) is 2. The van der Waals surface area contributed by atoms with Gasteiger partial charge in [0.05, 0.1) is 32.3 Å². The first-order chi connectivity index (χ1) is 18.2. The van der Waals surface area contributed by atoms with Crippen molar-refractivity contribution in [2.75, 3.05) is 0 Å². The summed E-state index contributed by atoms with van der Waals surface area (Å²) in [5.74, 6) is 1.04. The smallest absolute Gasteiger partial charge is 0.355 e. The summed E-state index contributed by atoms with van der Waals surface area (Å²) in [6, 6.07) is 13.3. The molecule has 2 aromatic heterocycles. The second-order valence-corrected chi connectivity index (χ2v) is 8.13. The Morgan fingerprint density at radius 2 is 1.16 bits per heavy atom. The highest BCUT2D eigenvalue weighted by Crippen LogP contribution is 2.33. The molecule has 2 N–H and O–H groups in total. The number of carbonyl (C=O) groups is 1. The van der Waals surface area contributed by atoms with Crippen LogP contribution < -0.4 is 10.9 Å². The molecule has 0 aliphatic heterocycles. The van der Waals surface area contributed by atoms with Gasteiger partial charge in [-0.25, -0.2) is 15.6 Å². The summed E-state index contributed by atoms with van der Waals surface area (Å²) in [7, 11) is 0. The van der Waals surface area contributed by atoms with E-state index in [1.165, 1.54) is 61.0 Å². The van der Waals surface area contributed by atoms with E-state index in [-0.39, 0.29) is 44.5 Å². The van der Waals surface area contributed by atoms with E-state index in [0.29, 0.717) is 11.1 Å². The summed E-state index contributed by atoms with van der Waals surface area (Å²) in [6.45, 7) is 0. The third kappa shape index (κ3) is 6.21. The van der Waals surface area contributed by atoms with E-state index in [4.69, 9.17) is 32.0 Å². The number of nitro benzene ring substituents is 2. The van der Waals surface area contributed by atoms with Crippen LogP contribution in [0.2, 0.25) is 10.0 Å². The maximum absolute atomic E-state index is 11.9. The number of hydrogen-bond donors (Lipinski definition) is 2. The van der Waals surface area contributed by atoms with Crippen molar-refractivity contribution in [2.45, 2.75) is 0 Å². The van der Waals surface area contributed by atoms with Gasteiger partial charge >= 0.3 is 6.03 Å². The van der Waals surface area contributed by atoms with Crippen molar-refractivity contribution in [1.29, 1.82) is 0 Å². The molecule has 0 radical (unpaired) electrons. The lowest BCUT2D eigenvalue weighted by atomic mass is 10.1. The van der Waals surface area contributed by atoms with E-state index in [1.54, 1.807) is 12.1 Å². The maximum atomic E-state index is 11.9. The normalized spacial score (nSPS) is 11.2. The molecule has 0 fully saturated rings. The van der Waals surface area contributed by atoms with Gasteiger partial charge < -0.3 is 8.83 Å². The largest absolute Gasteiger partial charge is 0.455 e. The Morgan fingerprint density at radius 3 is 1.55 bits per heavy atom. The Balaban J connectivity index is 1.33. The van der Waals surface area contributed by atoms with E-state index >= 15 is 0 Å². The molecule has 0 spiro atoms. The molecule has 0 bridgehead atoms. The topological polar surface area (TPSA) is 178 Å². The molecule has 0 aliphatic rings. The number of amides is 2. The molecule has 2 amide bonds. The molecule has 0 saturated heterocycles. The molecule has 0 aliphatic carbocycles. The Bertz CT molecular complexity index is 1480. The van der Waals surface area contributed by atoms with Crippen molar-refractivity contribution in [3.05, 3.63) is 102 Å². The molecule has 0 atom stereocenters. The van der Waals surface area contributed by atoms with Crippen molar-refractivity contribution in [2.24, 2.45) is 10.2 Å². The molecule has 2 aromatic carbocycles. The van der Waals surface area contributed by atoms with E-state index in [1.807, 2.05) is 0 Å². The number of benzene rings is 2. The molecular formula is C23H14Cl2N6O7. The second-order valence-electron chi connectivity index (χ2n) is 7.32. The molecule has 38 heavy (non-hydrogen) atoms. The van der Waals surface area contributed by atoms with Gasteiger partial charge in [0.25, 0.3) is 11.4 Å². The van der Waals surface area contributed by atoms with Gasteiger partial charge in [-0.2, -0.15) is 10.2 Å². The fraction of sp³-hybridized carbons (Fsp3) is 0. The molecule has 15 heteroatoms. The van der Waals surface area contributed by atoms with E-state index in [0.717, 1.165) is 0 Å². The van der Waals surface area contributed by atoms with E-state index in [2.05, 4.69) is 21.1 Å². The van der Waals surface area contributed by atoms with Crippen molar-refractivity contribution in [1.82, 2.24) is 10.9 Å². The second kappa shape index (κ2) is 11.4. The summed E-state index contributed by atoms with van der Waals surface area (Å²) >= 11 is 12.2. The van der Waals surface area contributed by atoms with Crippen LogP contribution in [-0.4, -0.2) is 28.3 Å². The summed E-state index contributed by atoms with van der Waals surface area (Å²) in [5.41, 5.74) is 4.72. The Hall–Kier alpha value is -5.01. The number of halogens is 2.